The Labute approximate surface area is 184 Å². The molecule has 2 aromatic rings. The summed E-state index contributed by atoms with van der Waals surface area (Å²) in [5.41, 5.74) is 2.95. The van der Waals surface area contributed by atoms with Crippen molar-refractivity contribution in [2.24, 2.45) is 11.8 Å². The van der Waals surface area contributed by atoms with Gasteiger partial charge in [-0.25, -0.2) is 0 Å². The van der Waals surface area contributed by atoms with Crippen LogP contribution in [-0.2, 0) is 0 Å². The normalized spacial score (nSPS) is 25.4. The molecule has 30 heavy (non-hydrogen) atoms. The van der Waals surface area contributed by atoms with Crippen LogP contribution < -0.4 is 10.6 Å². The molecule has 3 heteroatoms. The number of nitrogens with one attached hydrogen (secondary N) is 2. The molecule has 1 fully saturated rings. The van der Waals surface area contributed by atoms with Crippen molar-refractivity contribution in [3.63, 3.8) is 0 Å². The van der Waals surface area contributed by atoms with Crippen LogP contribution in [-0.4, -0.2) is 45.2 Å². The lowest BCUT2D eigenvalue weighted by atomic mass is 9.74. The van der Waals surface area contributed by atoms with Crippen LogP contribution in [0.3, 0.4) is 0 Å². The van der Waals surface area contributed by atoms with Gasteiger partial charge in [0, 0.05) is 6.04 Å². The Kier molecular flexibility index (Phi) is 9.38. The van der Waals surface area contributed by atoms with E-state index in [-0.39, 0.29) is 0 Å². The number of rotatable bonds is 6. The van der Waals surface area contributed by atoms with Gasteiger partial charge in [-0.3, -0.25) is 4.90 Å². The predicted molar refractivity (Wildman–Crippen MR) is 129 cm³/mol. The monoisotopic (exact) mass is 407 g/mol. The third-order valence-corrected chi connectivity index (χ3v) is 7.08. The van der Waals surface area contributed by atoms with Crippen LogP contribution in [0.15, 0.2) is 60.7 Å². The van der Waals surface area contributed by atoms with Crippen LogP contribution in [0.4, 0.5) is 0 Å². The van der Waals surface area contributed by atoms with Crippen LogP contribution in [0.5, 0.6) is 0 Å². The Morgan fingerprint density at radius 2 is 1.63 bits per heavy atom. The van der Waals surface area contributed by atoms with Crippen molar-refractivity contribution in [3.8, 4) is 0 Å². The molecule has 164 valence electrons. The summed E-state index contributed by atoms with van der Waals surface area (Å²) < 4.78 is 0. The first-order chi connectivity index (χ1) is 14.7. The van der Waals surface area contributed by atoms with Gasteiger partial charge in [-0.2, -0.15) is 0 Å². The fourth-order valence-electron chi connectivity index (χ4n) is 5.24. The molecule has 1 aliphatic rings. The Hall–Kier alpha value is -1.68. The van der Waals surface area contributed by atoms with E-state index in [0.717, 1.165) is 26.2 Å². The highest BCUT2D eigenvalue weighted by Crippen LogP contribution is 2.37. The van der Waals surface area contributed by atoms with Crippen molar-refractivity contribution in [1.82, 2.24) is 15.5 Å². The minimum atomic E-state index is 0.486. The van der Waals surface area contributed by atoms with E-state index in [0.29, 0.717) is 23.8 Å². The summed E-state index contributed by atoms with van der Waals surface area (Å²) >= 11 is 0. The van der Waals surface area contributed by atoms with Gasteiger partial charge in [0.05, 0.1) is 0 Å². The molecule has 0 aromatic heterocycles. The van der Waals surface area contributed by atoms with Crippen molar-refractivity contribution in [3.05, 3.63) is 71.8 Å². The zero-order valence-electron chi connectivity index (χ0n) is 19.2. The Morgan fingerprint density at radius 1 is 0.967 bits per heavy atom. The van der Waals surface area contributed by atoms with E-state index in [1.165, 1.54) is 36.8 Å². The molecule has 0 saturated carbocycles. The summed E-state index contributed by atoms with van der Waals surface area (Å²) in [5.74, 6) is 2.01. The molecular weight excluding hydrogens is 366 g/mol. The summed E-state index contributed by atoms with van der Waals surface area (Å²) in [6, 6.07) is 22.8. The molecule has 0 radical (unpaired) electrons. The second-order valence-corrected chi connectivity index (χ2v) is 9.07. The summed E-state index contributed by atoms with van der Waals surface area (Å²) in [7, 11) is 4.40. The molecule has 1 saturated heterocycles. The Morgan fingerprint density at radius 3 is 2.33 bits per heavy atom. The largest absolute Gasteiger partial charge is 0.320 e. The van der Waals surface area contributed by atoms with Gasteiger partial charge in [0.15, 0.2) is 0 Å². The third kappa shape index (κ3) is 6.41. The molecular formula is C27H41N3. The molecule has 3 nitrogen and oxygen atoms in total. The fraction of sp³-hybridized carbons (Fsp3) is 0.556. The Balaban J connectivity index is 1.81. The van der Waals surface area contributed by atoms with E-state index in [2.05, 4.69) is 97.2 Å². The Bertz CT molecular complexity index is 703. The molecule has 0 amide bonds. The standard InChI is InChI=1S/C27H41N3/c1-22-14-19-29-20-16-27(24-12-8-5-9-13-24)30(3)21-17-25(22)26(15-18-28-2)23-10-6-4-7-11-23/h4-13,22,25-29H,14-21H2,1-3H3. The van der Waals surface area contributed by atoms with Gasteiger partial charge in [-0.1, -0.05) is 67.6 Å². The second-order valence-electron chi connectivity index (χ2n) is 9.07. The molecule has 0 spiro atoms. The highest BCUT2D eigenvalue weighted by molar-refractivity contribution is 5.21. The van der Waals surface area contributed by atoms with Gasteiger partial charge >= 0.3 is 0 Å². The van der Waals surface area contributed by atoms with Gasteiger partial charge < -0.3 is 10.6 Å². The minimum Gasteiger partial charge on any atom is -0.320 e. The summed E-state index contributed by atoms with van der Waals surface area (Å²) in [6.07, 6.45) is 4.88. The van der Waals surface area contributed by atoms with E-state index < -0.39 is 0 Å². The van der Waals surface area contributed by atoms with Crippen LogP contribution in [0.1, 0.15) is 55.7 Å². The summed E-state index contributed by atoms with van der Waals surface area (Å²) in [5, 5.41) is 7.13. The topological polar surface area (TPSA) is 27.3 Å². The molecule has 4 unspecified atom stereocenters. The van der Waals surface area contributed by atoms with Gasteiger partial charge in [0.25, 0.3) is 0 Å². The predicted octanol–water partition coefficient (Wildman–Crippen LogP) is 5.08. The third-order valence-electron chi connectivity index (χ3n) is 7.08. The second kappa shape index (κ2) is 12.2. The number of benzene rings is 2. The average Bonchev–Trinajstić information content (AvgIpc) is 2.81. The summed E-state index contributed by atoms with van der Waals surface area (Å²) in [6.45, 7) is 6.91. The van der Waals surface area contributed by atoms with E-state index >= 15 is 0 Å². The molecule has 4 atom stereocenters. The van der Waals surface area contributed by atoms with Gasteiger partial charge in [0.2, 0.25) is 0 Å². The lowest BCUT2D eigenvalue weighted by Crippen LogP contribution is -2.31. The minimum absolute atomic E-state index is 0.486. The highest BCUT2D eigenvalue weighted by Gasteiger charge is 2.29. The maximum absolute atomic E-state index is 3.74. The molecule has 3 rings (SSSR count). The van der Waals surface area contributed by atoms with Crippen molar-refractivity contribution < 1.29 is 0 Å². The SMILES string of the molecule is CNCCC(c1ccccc1)C1CCN(C)C(c2ccccc2)CCNCCC1C. The number of hydrogen-bond acceptors (Lipinski definition) is 3. The van der Waals surface area contributed by atoms with Crippen molar-refractivity contribution in [2.45, 2.75) is 44.6 Å². The maximum Gasteiger partial charge on any atom is 0.0357 e. The number of nitrogens with zero attached hydrogens (tertiary/aromatic N) is 1. The van der Waals surface area contributed by atoms with Gasteiger partial charge in [-0.05, 0) is 94.8 Å². The molecule has 1 aliphatic heterocycles. The first-order valence-corrected chi connectivity index (χ1v) is 11.9. The summed E-state index contributed by atoms with van der Waals surface area (Å²) in [4.78, 5) is 2.60. The molecule has 0 aliphatic carbocycles. The lowest BCUT2D eigenvalue weighted by Gasteiger charge is -2.35. The van der Waals surface area contributed by atoms with Crippen LogP contribution in [0, 0.1) is 11.8 Å². The van der Waals surface area contributed by atoms with E-state index in [1.54, 1.807) is 0 Å². The quantitative estimate of drug-likeness (QED) is 0.699. The van der Waals surface area contributed by atoms with Gasteiger partial charge in [-0.15, -0.1) is 0 Å². The van der Waals surface area contributed by atoms with E-state index in [4.69, 9.17) is 0 Å². The molecule has 2 N–H and O–H groups in total. The van der Waals surface area contributed by atoms with E-state index in [1.807, 2.05) is 0 Å². The number of hydrogen-bond donors (Lipinski definition) is 2. The maximum atomic E-state index is 3.74. The van der Waals surface area contributed by atoms with Crippen molar-refractivity contribution >= 4 is 0 Å². The van der Waals surface area contributed by atoms with Crippen molar-refractivity contribution in [2.75, 3.05) is 40.3 Å². The van der Waals surface area contributed by atoms with Crippen LogP contribution >= 0.6 is 0 Å². The molecule has 0 bridgehead atoms. The van der Waals surface area contributed by atoms with E-state index in [9.17, 15) is 0 Å². The highest BCUT2D eigenvalue weighted by atomic mass is 15.1. The smallest absolute Gasteiger partial charge is 0.0357 e. The molecule has 1 heterocycles. The lowest BCUT2D eigenvalue weighted by molar-refractivity contribution is 0.187. The average molecular weight is 408 g/mol. The zero-order valence-corrected chi connectivity index (χ0v) is 19.2. The van der Waals surface area contributed by atoms with Crippen LogP contribution in [0.25, 0.3) is 0 Å². The van der Waals surface area contributed by atoms with Crippen LogP contribution in [0.2, 0.25) is 0 Å². The zero-order chi connectivity index (χ0) is 21.2. The fourth-order valence-corrected chi connectivity index (χ4v) is 5.24. The first kappa shape index (κ1) is 23.0. The van der Waals surface area contributed by atoms with Crippen molar-refractivity contribution in [1.29, 1.82) is 0 Å². The molecule has 2 aromatic carbocycles. The van der Waals surface area contributed by atoms with Gasteiger partial charge in [0.1, 0.15) is 0 Å². The first-order valence-electron chi connectivity index (χ1n) is 11.9.